The molecule has 2 aromatic rings. The molecular formula is C18H19F3N4O2. The van der Waals surface area contributed by atoms with Crippen molar-refractivity contribution in [2.45, 2.75) is 45.0 Å². The Bertz CT molecular complexity index is 892. The molecule has 0 amide bonds. The summed E-state index contributed by atoms with van der Waals surface area (Å²) in [6.45, 7) is 4.01. The van der Waals surface area contributed by atoms with Crippen LogP contribution in [0.2, 0.25) is 0 Å². The third-order valence-corrected chi connectivity index (χ3v) is 5.21. The van der Waals surface area contributed by atoms with Gasteiger partial charge in [-0.2, -0.15) is 0 Å². The van der Waals surface area contributed by atoms with Crippen LogP contribution >= 0.6 is 0 Å². The molecule has 2 aromatic heterocycles. The molecule has 4 rings (SSSR count). The van der Waals surface area contributed by atoms with Gasteiger partial charge in [-0.05, 0) is 17.9 Å². The van der Waals surface area contributed by atoms with Crippen LogP contribution in [0, 0.1) is 11.8 Å². The van der Waals surface area contributed by atoms with Crippen molar-refractivity contribution in [3.8, 4) is 17.0 Å². The number of ketones is 1. The molecule has 0 bridgehead atoms. The number of carbonyl (C=O) groups is 1. The zero-order valence-corrected chi connectivity index (χ0v) is 14.8. The fourth-order valence-electron chi connectivity index (χ4n) is 4.01. The Morgan fingerprint density at radius 3 is 2.56 bits per heavy atom. The normalized spacial score (nSPS) is 24.4. The summed E-state index contributed by atoms with van der Waals surface area (Å²) in [5.74, 6) is 1.06. The van der Waals surface area contributed by atoms with Crippen molar-refractivity contribution in [1.29, 1.82) is 0 Å². The molecule has 0 saturated heterocycles. The van der Waals surface area contributed by atoms with E-state index in [9.17, 15) is 18.0 Å². The van der Waals surface area contributed by atoms with Crippen LogP contribution in [-0.4, -0.2) is 26.7 Å². The molecule has 0 spiro atoms. The van der Waals surface area contributed by atoms with Gasteiger partial charge in [0.1, 0.15) is 11.6 Å². The zero-order chi connectivity index (χ0) is 19.5. The van der Waals surface area contributed by atoms with Crippen LogP contribution in [0.5, 0.6) is 5.75 Å². The number of anilines is 1. The van der Waals surface area contributed by atoms with Crippen LogP contribution in [0.15, 0.2) is 18.5 Å². The lowest BCUT2D eigenvalue weighted by Gasteiger charge is -2.11. The minimum atomic E-state index is -4.85. The maximum atomic E-state index is 12.6. The summed E-state index contributed by atoms with van der Waals surface area (Å²) in [6, 6.07) is 1.43. The van der Waals surface area contributed by atoms with Crippen molar-refractivity contribution in [3.63, 3.8) is 0 Å². The number of alkyl halides is 3. The molecule has 2 aliphatic rings. The first-order chi connectivity index (χ1) is 12.6. The molecular weight excluding hydrogens is 361 g/mol. The van der Waals surface area contributed by atoms with Gasteiger partial charge in [0.2, 0.25) is 0 Å². The highest BCUT2D eigenvalue weighted by Crippen LogP contribution is 2.60. The number of fused-ring (bicyclic) bond motifs is 1. The highest BCUT2D eigenvalue weighted by Gasteiger charge is 2.57. The monoisotopic (exact) mass is 380 g/mol. The largest absolute Gasteiger partial charge is 0.573 e. The minimum absolute atomic E-state index is 0.128. The van der Waals surface area contributed by atoms with Gasteiger partial charge in [-0.3, -0.25) is 4.79 Å². The average molecular weight is 380 g/mol. The van der Waals surface area contributed by atoms with E-state index in [0.717, 1.165) is 5.82 Å². The van der Waals surface area contributed by atoms with Crippen molar-refractivity contribution in [2.24, 2.45) is 11.8 Å². The third kappa shape index (κ3) is 3.26. The fraction of sp³-hybridized carbons (Fsp3) is 0.500. The van der Waals surface area contributed by atoms with Crippen molar-refractivity contribution in [3.05, 3.63) is 24.3 Å². The predicted molar refractivity (Wildman–Crippen MR) is 90.9 cm³/mol. The highest BCUT2D eigenvalue weighted by molar-refractivity contribution is 5.83. The SMILES string of the molecule is CC(C)c1nc(-c2cnc(N)c(OC(F)(F)F)c2)cn1[C@@H]1[C@@H]2CC(=O)C[C@@H]21. The first kappa shape index (κ1) is 17.8. The molecule has 144 valence electrons. The van der Waals surface area contributed by atoms with E-state index >= 15 is 0 Å². The van der Waals surface area contributed by atoms with Gasteiger partial charge in [-0.25, -0.2) is 9.97 Å². The van der Waals surface area contributed by atoms with E-state index in [4.69, 9.17) is 5.73 Å². The lowest BCUT2D eigenvalue weighted by Crippen LogP contribution is -2.18. The van der Waals surface area contributed by atoms with Gasteiger partial charge in [-0.1, -0.05) is 13.8 Å². The van der Waals surface area contributed by atoms with Crippen LogP contribution in [0.4, 0.5) is 19.0 Å². The van der Waals surface area contributed by atoms with E-state index in [1.165, 1.54) is 12.3 Å². The van der Waals surface area contributed by atoms with E-state index in [2.05, 4.69) is 19.3 Å². The minimum Gasteiger partial charge on any atom is -0.402 e. The Kier molecular flexibility index (Phi) is 3.94. The number of nitrogens with two attached hydrogens (primary N) is 1. The molecule has 0 aliphatic heterocycles. The van der Waals surface area contributed by atoms with E-state index in [1.54, 1.807) is 0 Å². The number of hydrogen-bond acceptors (Lipinski definition) is 5. The summed E-state index contributed by atoms with van der Waals surface area (Å²) in [5.41, 5.74) is 6.40. The molecule has 3 atom stereocenters. The number of rotatable bonds is 4. The number of hydrogen-bond donors (Lipinski definition) is 1. The number of halogens is 3. The van der Waals surface area contributed by atoms with E-state index in [-0.39, 0.29) is 17.8 Å². The second-order valence-corrected chi connectivity index (χ2v) is 7.47. The second-order valence-electron chi connectivity index (χ2n) is 7.47. The molecule has 2 heterocycles. The van der Waals surface area contributed by atoms with Crippen molar-refractivity contribution < 1.29 is 22.7 Å². The van der Waals surface area contributed by atoms with Crippen LogP contribution in [0.1, 0.15) is 44.5 Å². The quantitative estimate of drug-likeness (QED) is 0.875. The Morgan fingerprint density at radius 2 is 1.96 bits per heavy atom. The maximum Gasteiger partial charge on any atom is 0.573 e. The van der Waals surface area contributed by atoms with Gasteiger partial charge in [0, 0.05) is 42.8 Å². The first-order valence-electron chi connectivity index (χ1n) is 8.76. The Morgan fingerprint density at radius 1 is 1.30 bits per heavy atom. The number of nitrogens with zero attached hydrogens (tertiary/aromatic N) is 3. The molecule has 0 radical (unpaired) electrons. The number of pyridine rings is 1. The van der Waals surface area contributed by atoms with Crippen molar-refractivity contribution in [2.75, 3.05) is 5.73 Å². The van der Waals surface area contributed by atoms with Gasteiger partial charge in [0.05, 0.1) is 5.69 Å². The number of nitrogen functional groups attached to an aromatic ring is 1. The van der Waals surface area contributed by atoms with Crippen LogP contribution in [-0.2, 0) is 4.79 Å². The summed E-state index contributed by atoms with van der Waals surface area (Å²) in [7, 11) is 0. The highest BCUT2D eigenvalue weighted by atomic mass is 19.4. The molecule has 6 nitrogen and oxygen atoms in total. The lowest BCUT2D eigenvalue weighted by molar-refractivity contribution is -0.274. The predicted octanol–water partition coefficient (Wildman–Crippen LogP) is 3.70. The standard InChI is InChI=1S/C18H19F3N4O2/c1-8(2)17-24-13(7-25(17)15-11-4-10(26)5-12(11)15)9-3-14(16(22)23-6-9)27-18(19,20)21/h3,6-8,11-12,15H,4-5H2,1-2H3,(H2,22,23)/t11-,12+,15-. The molecule has 9 heteroatoms. The number of carbonyl (C=O) groups excluding carboxylic acids is 1. The Hall–Kier alpha value is -2.58. The fourth-order valence-corrected chi connectivity index (χ4v) is 4.01. The van der Waals surface area contributed by atoms with Gasteiger partial charge in [0.15, 0.2) is 11.6 Å². The molecule has 2 fully saturated rings. The number of Topliss-reactive ketones (excluding diaryl/α,β-unsaturated/α-hetero) is 1. The molecule has 0 aromatic carbocycles. The van der Waals surface area contributed by atoms with Crippen LogP contribution < -0.4 is 10.5 Å². The van der Waals surface area contributed by atoms with Gasteiger partial charge in [0.25, 0.3) is 0 Å². The summed E-state index contributed by atoms with van der Waals surface area (Å²) in [4.78, 5) is 20.0. The van der Waals surface area contributed by atoms with E-state index in [0.29, 0.717) is 41.7 Å². The summed E-state index contributed by atoms with van der Waals surface area (Å²) in [6.07, 6.45) is -0.463. The lowest BCUT2D eigenvalue weighted by atomic mass is 10.2. The Balaban J connectivity index is 1.68. The molecule has 0 unspecified atom stereocenters. The van der Waals surface area contributed by atoms with Crippen molar-refractivity contribution in [1.82, 2.24) is 14.5 Å². The maximum absolute atomic E-state index is 12.6. The molecule has 2 aliphatic carbocycles. The number of aromatic nitrogens is 3. The Labute approximate surface area is 153 Å². The van der Waals surface area contributed by atoms with Gasteiger partial charge < -0.3 is 15.0 Å². The molecule has 2 N–H and O–H groups in total. The number of imidazole rings is 1. The number of ether oxygens (including phenoxy) is 1. The molecule has 2 saturated carbocycles. The van der Waals surface area contributed by atoms with Crippen LogP contribution in [0.3, 0.4) is 0 Å². The van der Waals surface area contributed by atoms with E-state index < -0.39 is 12.1 Å². The second kappa shape index (κ2) is 5.97. The summed E-state index contributed by atoms with van der Waals surface area (Å²) >= 11 is 0. The zero-order valence-electron chi connectivity index (χ0n) is 14.8. The summed E-state index contributed by atoms with van der Waals surface area (Å²) < 4.78 is 43.7. The van der Waals surface area contributed by atoms with Gasteiger partial charge >= 0.3 is 6.36 Å². The molecule has 27 heavy (non-hydrogen) atoms. The van der Waals surface area contributed by atoms with E-state index in [1.807, 2.05) is 20.0 Å². The van der Waals surface area contributed by atoms with Crippen LogP contribution in [0.25, 0.3) is 11.3 Å². The smallest absolute Gasteiger partial charge is 0.402 e. The average Bonchev–Trinajstić information content (AvgIpc) is 2.94. The first-order valence-corrected chi connectivity index (χ1v) is 8.76. The van der Waals surface area contributed by atoms with Crippen molar-refractivity contribution >= 4 is 11.6 Å². The summed E-state index contributed by atoms with van der Waals surface area (Å²) in [5, 5.41) is 0. The third-order valence-electron chi connectivity index (χ3n) is 5.21. The van der Waals surface area contributed by atoms with Gasteiger partial charge in [-0.15, -0.1) is 13.2 Å². The topological polar surface area (TPSA) is 83.0 Å².